The molecule has 2 rings (SSSR count). The van der Waals surface area contributed by atoms with Gasteiger partial charge in [0.15, 0.2) is 0 Å². The largest absolute Gasteiger partial charge is 0.395 e. The summed E-state index contributed by atoms with van der Waals surface area (Å²) >= 11 is 0. The van der Waals surface area contributed by atoms with Crippen LogP contribution in [0.15, 0.2) is 12.1 Å². The van der Waals surface area contributed by atoms with Crippen molar-refractivity contribution < 1.29 is 5.11 Å². The van der Waals surface area contributed by atoms with Crippen LogP contribution in [0.3, 0.4) is 0 Å². The second-order valence-corrected chi connectivity index (χ2v) is 4.82. The van der Waals surface area contributed by atoms with Gasteiger partial charge in [0.2, 0.25) is 0 Å². The summed E-state index contributed by atoms with van der Waals surface area (Å²) in [6.45, 7) is 2.61. The molecule has 1 aromatic rings. The Bertz CT molecular complexity index is 447. The molecule has 0 aromatic carbocycles. The van der Waals surface area contributed by atoms with Crippen LogP contribution in [-0.4, -0.2) is 29.3 Å². The quantitative estimate of drug-likeness (QED) is 0.881. The first-order valence-corrected chi connectivity index (χ1v) is 6.51. The van der Waals surface area contributed by atoms with E-state index in [1.807, 2.05) is 13.0 Å². The lowest BCUT2D eigenvalue weighted by atomic mass is 10.2. The summed E-state index contributed by atoms with van der Waals surface area (Å²) in [4.78, 5) is 6.66. The highest BCUT2D eigenvalue weighted by molar-refractivity contribution is 5.47. The highest BCUT2D eigenvalue weighted by Crippen LogP contribution is 2.27. The number of aliphatic hydroxyl groups excluding tert-OH is 1. The van der Waals surface area contributed by atoms with Gasteiger partial charge in [0.1, 0.15) is 5.82 Å². The highest BCUT2D eigenvalue weighted by Gasteiger charge is 2.23. The molecule has 0 atom stereocenters. The van der Waals surface area contributed by atoms with Crippen molar-refractivity contribution in [3.63, 3.8) is 0 Å². The van der Waals surface area contributed by atoms with Crippen LogP contribution in [0.1, 0.15) is 36.9 Å². The van der Waals surface area contributed by atoms with Gasteiger partial charge in [-0.15, -0.1) is 0 Å². The molecule has 0 spiro atoms. The number of pyridine rings is 1. The molecule has 1 saturated carbocycles. The van der Waals surface area contributed by atoms with Crippen LogP contribution < -0.4 is 4.90 Å². The number of aliphatic hydroxyl groups is 1. The molecule has 96 valence electrons. The van der Waals surface area contributed by atoms with Crippen molar-refractivity contribution in [2.24, 2.45) is 0 Å². The highest BCUT2D eigenvalue weighted by atomic mass is 16.3. The zero-order chi connectivity index (χ0) is 13.0. The first kappa shape index (κ1) is 12.8. The summed E-state index contributed by atoms with van der Waals surface area (Å²) in [5, 5.41) is 18.2. The Hall–Kier alpha value is -1.60. The molecule has 4 nitrogen and oxygen atoms in total. The molecule has 18 heavy (non-hydrogen) atoms. The predicted molar refractivity (Wildman–Crippen MR) is 70.4 cm³/mol. The molecule has 0 bridgehead atoms. The monoisotopic (exact) mass is 245 g/mol. The van der Waals surface area contributed by atoms with E-state index in [1.165, 1.54) is 12.8 Å². The Kier molecular flexibility index (Phi) is 4.16. The average Bonchev–Trinajstić information content (AvgIpc) is 2.88. The molecule has 1 heterocycles. The van der Waals surface area contributed by atoms with E-state index in [1.54, 1.807) is 6.07 Å². The molecule has 0 radical (unpaired) electrons. The molecule has 0 unspecified atom stereocenters. The van der Waals surface area contributed by atoms with Gasteiger partial charge in [-0.3, -0.25) is 0 Å². The number of hydrogen-bond acceptors (Lipinski definition) is 4. The first-order valence-electron chi connectivity index (χ1n) is 6.51. The number of rotatable bonds is 4. The normalized spacial score (nSPS) is 15.6. The summed E-state index contributed by atoms with van der Waals surface area (Å²) in [6, 6.07) is 6.23. The maximum atomic E-state index is 9.22. The zero-order valence-electron chi connectivity index (χ0n) is 10.8. The van der Waals surface area contributed by atoms with Gasteiger partial charge >= 0.3 is 0 Å². The summed E-state index contributed by atoms with van der Waals surface area (Å²) in [7, 11) is 0. The third-order valence-electron chi connectivity index (χ3n) is 3.47. The summed E-state index contributed by atoms with van der Waals surface area (Å²) < 4.78 is 0. The van der Waals surface area contributed by atoms with Gasteiger partial charge in [0.05, 0.1) is 18.2 Å². The second-order valence-electron chi connectivity index (χ2n) is 4.82. The molecule has 1 fully saturated rings. The fraction of sp³-hybridized carbons (Fsp3) is 0.571. The lowest BCUT2D eigenvalue weighted by Gasteiger charge is -2.29. The lowest BCUT2D eigenvalue weighted by Crippen LogP contribution is -2.36. The summed E-state index contributed by atoms with van der Waals surface area (Å²) in [5.74, 6) is 0.826. The van der Waals surface area contributed by atoms with Crippen molar-refractivity contribution in [3.8, 4) is 6.07 Å². The topological polar surface area (TPSA) is 60.2 Å². The third-order valence-corrected chi connectivity index (χ3v) is 3.47. The Morgan fingerprint density at radius 2 is 2.17 bits per heavy atom. The van der Waals surface area contributed by atoms with E-state index in [0.29, 0.717) is 18.2 Å². The Morgan fingerprint density at radius 3 is 2.78 bits per heavy atom. The van der Waals surface area contributed by atoms with Crippen LogP contribution in [0.5, 0.6) is 0 Å². The Morgan fingerprint density at radius 1 is 1.44 bits per heavy atom. The molecule has 1 aliphatic carbocycles. The van der Waals surface area contributed by atoms with Crippen LogP contribution in [0, 0.1) is 18.3 Å². The SMILES string of the molecule is Cc1cc(C#N)cc(N(CCO)C2CCCC2)n1. The predicted octanol–water partition coefficient (Wildman–Crippen LogP) is 2.00. The van der Waals surface area contributed by atoms with Gasteiger partial charge < -0.3 is 10.0 Å². The lowest BCUT2D eigenvalue weighted by molar-refractivity contribution is 0.297. The van der Waals surface area contributed by atoms with Gasteiger partial charge in [-0.1, -0.05) is 12.8 Å². The summed E-state index contributed by atoms with van der Waals surface area (Å²) in [6.07, 6.45) is 4.78. The zero-order valence-corrected chi connectivity index (χ0v) is 10.8. The van der Waals surface area contributed by atoms with E-state index in [-0.39, 0.29) is 6.61 Å². The smallest absolute Gasteiger partial charge is 0.130 e. The minimum Gasteiger partial charge on any atom is -0.395 e. The van der Waals surface area contributed by atoms with Crippen molar-refractivity contribution in [3.05, 3.63) is 23.4 Å². The molecule has 1 aliphatic rings. The van der Waals surface area contributed by atoms with Crippen molar-refractivity contribution in [2.75, 3.05) is 18.1 Å². The van der Waals surface area contributed by atoms with E-state index in [2.05, 4.69) is 16.0 Å². The molecule has 4 heteroatoms. The van der Waals surface area contributed by atoms with Crippen LogP contribution in [0.4, 0.5) is 5.82 Å². The van der Waals surface area contributed by atoms with Crippen molar-refractivity contribution in [2.45, 2.75) is 38.6 Å². The van der Waals surface area contributed by atoms with Gasteiger partial charge in [0.25, 0.3) is 0 Å². The number of nitrogens with zero attached hydrogens (tertiary/aromatic N) is 3. The Balaban J connectivity index is 2.29. The number of hydrogen-bond donors (Lipinski definition) is 1. The van der Waals surface area contributed by atoms with Crippen molar-refractivity contribution >= 4 is 5.82 Å². The molecule has 0 saturated heterocycles. The van der Waals surface area contributed by atoms with Crippen LogP contribution in [0.25, 0.3) is 0 Å². The maximum absolute atomic E-state index is 9.22. The van der Waals surface area contributed by atoms with E-state index in [0.717, 1.165) is 24.4 Å². The van der Waals surface area contributed by atoms with E-state index < -0.39 is 0 Å². The molecular weight excluding hydrogens is 226 g/mol. The third kappa shape index (κ3) is 2.80. The van der Waals surface area contributed by atoms with E-state index in [4.69, 9.17) is 5.26 Å². The number of aromatic nitrogens is 1. The first-order chi connectivity index (χ1) is 8.74. The molecule has 0 aliphatic heterocycles. The van der Waals surface area contributed by atoms with E-state index in [9.17, 15) is 5.11 Å². The van der Waals surface area contributed by atoms with Crippen molar-refractivity contribution in [1.82, 2.24) is 4.98 Å². The van der Waals surface area contributed by atoms with Gasteiger partial charge in [-0.2, -0.15) is 5.26 Å². The number of nitriles is 1. The molecule has 1 N–H and O–H groups in total. The van der Waals surface area contributed by atoms with Gasteiger partial charge in [0, 0.05) is 18.3 Å². The number of aryl methyl sites for hydroxylation is 1. The minimum absolute atomic E-state index is 0.119. The number of anilines is 1. The van der Waals surface area contributed by atoms with Gasteiger partial charge in [-0.05, 0) is 31.9 Å². The van der Waals surface area contributed by atoms with Gasteiger partial charge in [-0.25, -0.2) is 4.98 Å². The van der Waals surface area contributed by atoms with Crippen LogP contribution in [-0.2, 0) is 0 Å². The fourth-order valence-electron chi connectivity index (χ4n) is 2.67. The minimum atomic E-state index is 0.119. The van der Waals surface area contributed by atoms with Crippen LogP contribution in [0.2, 0.25) is 0 Å². The van der Waals surface area contributed by atoms with Crippen molar-refractivity contribution in [1.29, 1.82) is 5.26 Å². The molecular formula is C14H19N3O. The maximum Gasteiger partial charge on any atom is 0.130 e. The van der Waals surface area contributed by atoms with E-state index >= 15 is 0 Å². The van der Waals surface area contributed by atoms with Crippen LogP contribution >= 0.6 is 0 Å². The fourth-order valence-corrected chi connectivity index (χ4v) is 2.67. The standard InChI is InChI=1S/C14H19N3O/c1-11-8-12(10-15)9-14(16-11)17(6-7-18)13-4-2-3-5-13/h8-9,13,18H,2-7H2,1H3. The summed E-state index contributed by atoms with van der Waals surface area (Å²) in [5.41, 5.74) is 1.49. The molecule has 1 aromatic heterocycles. The second kappa shape index (κ2) is 5.83. The molecule has 0 amide bonds. The Labute approximate surface area is 108 Å². The average molecular weight is 245 g/mol.